The zero-order chi connectivity index (χ0) is 11.8. The van der Waals surface area contributed by atoms with Gasteiger partial charge in [-0.3, -0.25) is 4.40 Å². The maximum atomic E-state index is 5.81. The third kappa shape index (κ3) is 1.69. The molecule has 3 rings (SSSR count). The number of hydrogen-bond acceptors (Lipinski definition) is 5. The quantitative estimate of drug-likeness (QED) is 0.721. The second-order valence-electron chi connectivity index (χ2n) is 3.53. The first-order valence-electron chi connectivity index (χ1n) is 5.02. The fourth-order valence-electron chi connectivity index (χ4n) is 1.70. The van der Waals surface area contributed by atoms with Crippen molar-refractivity contribution in [3.05, 3.63) is 29.6 Å². The Morgan fingerprint density at radius 3 is 2.71 bits per heavy atom. The second-order valence-corrected chi connectivity index (χ2v) is 5.24. The lowest BCUT2D eigenvalue weighted by atomic mass is 10.2. The van der Waals surface area contributed by atoms with Crippen LogP contribution in [0.2, 0.25) is 0 Å². The molecule has 2 heterocycles. The van der Waals surface area contributed by atoms with Gasteiger partial charge in [-0.1, -0.05) is 12.1 Å². The number of nitrogens with zero attached hydrogens (tertiary/aromatic N) is 3. The molecule has 2 aromatic heterocycles. The van der Waals surface area contributed by atoms with Crippen LogP contribution in [-0.4, -0.2) is 20.9 Å². The Labute approximate surface area is 106 Å². The smallest absolute Gasteiger partial charge is 0.227 e. The van der Waals surface area contributed by atoms with Crippen LogP contribution in [0.1, 0.15) is 0 Å². The monoisotopic (exact) mass is 262 g/mol. The van der Waals surface area contributed by atoms with Gasteiger partial charge in [-0.25, -0.2) is 0 Å². The highest BCUT2D eigenvalue weighted by Gasteiger charge is 2.10. The minimum Gasteiger partial charge on any atom is -0.368 e. The standard InChI is InChI=1S/C11H10N4S2/c1-16-8-4-2-7(3-5-8)9-6-17-11-14-13-10(12)15(9)11/h2-6H,1H3,(H2,12,13). The van der Waals surface area contributed by atoms with Crippen LogP contribution in [-0.2, 0) is 0 Å². The lowest BCUT2D eigenvalue weighted by Gasteiger charge is -2.01. The van der Waals surface area contributed by atoms with Crippen molar-refractivity contribution in [3.8, 4) is 11.3 Å². The molecule has 0 radical (unpaired) electrons. The molecule has 0 aliphatic rings. The van der Waals surface area contributed by atoms with Crippen molar-refractivity contribution in [2.24, 2.45) is 0 Å². The molecule has 0 spiro atoms. The van der Waals surface area contributed by atoms with Crippen LogP contribution >= 0.6 is 23.1 Å². The minimum absolute atomic E-state index is 0.435. The van der Waals surface area contributed by atoms with Crippen molar-refractivity contribution in [1.82, 2.24) is 14.6 Å². The van der Waals surface area contributed by atoms with Gasteiger partial charge in [0.25, 0.3) is 0 Å². The lowest BCUT2D eigenvalue weighted by molar-refractivity contribution is 1.12. The number of rotatable bonds is 2. The summed E-state index contributed by atoms with van der Waals surface area (Å²) >= 11 is 3.27. The second kappa shape index (κ2) is 4.05. The average Bonchev–Trinajstić information content (AvgIpc) is 2.93. The van der Waals surface area contributed by atoms with Gasteiger partial charge in [0.2, 0.25) is 10.9 Å². The van der Waals surface area contributed by atoms with Gasteiger partial charge in [-0.15, -0.1) is 33.3 Å². The van der Waals surface area contributed by atoms with Gasteiger partial charge in [-0.2, -0.15) is 0 Å². The molecule has 0 aliphatic carbocycles. The van der Waals surface area contributed by atoms with Crippen LogP contribution in [0.3, 0.4) is 0 Å². The van der Waals surface area contributed by atoms with E-state index in [2.05, 4.69) is 46.1 Å². The predicted octanol–water partition coefficient (Wildman–Crippen LogP) is 2.76. The zero-order valence-electron chi connectivity index (χ0n) is 9.12. The van der Waals surface area contributed by atoms with E-state index in [1.165, 1.54) is 4.90 Å². The first-order chi connectivity index (χ1) is 8.29. The highest BCUT2D eigenvalue weighted by atomic mass is 32.2. The van der Waals surface area contributed by atoms with Crippen molar-refractivity contribution in [1.29, 1.82) is 0 Å². The molecule has 1 aromatic carbocycles. The summed E-state index contributed by atoms with van der Waals surface area (Å²) in [6, 6.07) is 8.38. The molecule has 0 amide bonds. The molecular weight excluding hydrogens is 252 g/mol. The van der Waals surface area contributed by atoms with Crippen molar-refractivity contribution >= 4 is 34.0 Å². The third-order valence-corrected chi connectivity index (χ3v) is 4.12. The van der Waals surface area contributed by atoms with Gasteiger partial charge in [0.1, 0.15) is 0 Å². The summed E-state index contributed by atoms with van der Waals surface area (Å²) in [5.74, 6) is 0.435. The number of benzene rings is 1. The van der Waals surface area contributed by atoms with E-state index in [0.717, 1.165) is 16.2 Å². The topological polar surface area (TPSA) is 56.2 Å². The average molecular weight is 262 g/mol. The first-order valence-corrected chi connectivity index (χ1v) is 7.12. The van der Waals surface area contributed by atoms with E-state index >= 15 is 0 Å². The van der Waals surface area contributed by atoms with Crippen LogP contribution in [0.25, 0.3) is 16.2 Å². The highest BCUT2D eigenvalue weighted by Crippen LogP contribution is 2.28. The Hall–Kier alpha value is -1.53. The molecule has 0 saturated carbocycles. The molecule has 3 aromatic rings. The van der Waals surface area contributed by atoms with Crippen molar-refractivity contribution in [2.45, 2.75) is 4.90 Å². The Morgan fingerprint density at radius 2 is 2.00 bits per heavy atom. The summed E-state index contributed by atoms with van der Waals surface area (Å²) in [6.45, 7) is 0. The van der Waals surface area contributed by atoms with Gasteiger partial charge in [0.05, 0.1) is 5.69 Å². The SMILES string of the molecule is CSc1ccc(-c2csc3nnc(N)n23)cc1. The summed E-state index contributed by atoms with van der Waals surface area (Å²) in [6.07, 6.45) is 2.07. The van der Waals surface area contributed by atoms with Crippen molar-refractivity contribution < 1.29 is 0 Å². The van der Waals surface area contributed by atoms with Crippen LogP contribution in [0.5, 0.6) is 0 Å². The largest absolute Gasteiger partial charge is 0.368 e. The molecule has 0 aliphatic heterocycles. The number of nitrogens with two attached hydrogens (primary N) is 1. The van der Waals surface area contributed by atoms with E-state index < -0.39 is 0 Å². The van der Waals surface area contributed by atoms with E-state index in [1.807, 2.05) is 4.40 Å². The Balaban J connectivity index is 2.16. The van der Waals surface area contributed by atoms with E-state index in [4.69, 9.17) is 5.73 Å². The molecule has 0 saturated heterocycles. The number of thiazole rings is 1. The first kappa shape index (κ1) is 10.6. The highest BCUT2D eigenvalue weighted by molar-refractivity contribution is 7.98. The van der Waals surface area contributed by atoms with E-state index in [9.17, 15) is 0 Å². The Bertz CT molecular complexity index is 654. The molecule has 0 unspecified atom stereocenters. The summed E-state index contributed by atoms with van der Waals surface area (Å²) < 4.78 is 1.87. The number of thioether (sulfide) groups is 1. The zero-order valence-corrected chi connectivity index (χ0v) is 10.8. The predicted molar refractivity (Wildman–Crippen MR) is 72.5 cm³/mol. The maximum Gasteiger partial charge on any atom is 0.227 e. The molecular formula is C11H10N4S2. The maximum absolute atomic E-state index is 5.81. The van der Waals surface area contributed by atoms with Crippen LogP contribution in [0.15, 0.2) is 34.5 Å². The molecule has 4 nitrogen and oxygen atoms in total. The molecule has 6 heteroatoms. The molecule has 17 heavy (non-hydrogen) atoms. The van der Waals surface area contributed by atoms with Gasteiger partial charge < -0.3 is 5.73 Å². The Morgan fingerprint density at radius 1 is 1.24 bits per heavy atom. The van der Waals surface area contributed by atoms with E-state index in [1.54, 1.807) is 23.1 Å². The number of anilines is 1. The number of fused-ring (bicyclic) bond motifs is 1. The molecule has 2 N–H and O–H groups in total. The van der Waals surface area contributed by atoms with Gasteiger partial charge in [-0.05, 0) is 24.0 Å². The van der Waals surface area contributed by atoms with Crippen LogP contribution in [0.4, 0.5) is 5.95 Å². The fraction of sp³-hybridized carbons (Fsp3) is 0.0909. The Kier molecular flexibility index (Phi) is 2.53. The number of nitrogen functional groups attached to an aromatic ring is 1. The van der Waals surface area contributed by atoms with E-state index in [0.29, 0.717) is 5.95 Å². The fourth-order valence-corrected chi connectivity index (χ4v) is 2.96. The van der Waals surface area contributed by atoms with Gasteiger partial charge in [0.15, 0.2) is 0 Å². The van der Waals surface area contributed by atoms with Crippen molar-refractivity contribution in [3.63, 3.8) is 0 Å². The van der Waals surface area contributed by atoms with Crippen LogP contribution in [0, 0.1) is 0 Å². The minimum atomic E-state index is 0.435. The van der Waals surface area contributed by atoms with Gasteiger partial charge >= 0.3 is 0 Å². The summed E-state index contributed by atoms with van der Waals surface area (Å²) in [5, 5.41) is 9.92. The number of hydrogen-bond donors (Lipinski definition) is 1. The van der Waals surface area contributed by atoms with Gasteiger partial charge in [0, 0.05) is 10.3 Å². The lowest BCUT2D eigenvalue weighted by Crippen LogP contribution is -1.94. The molecule has 0 atom stereocenters. The molecule has 0 bridgehead atoms. The number of aromatic nitrogens is 3. The molecule has 86 valence electrons. The summed E-state index contributed by atoms with van der Waals surface area (Å²) in [7, 11) is 0. The van der Waals surface area contributed by atoms with Crippen molar-refractivity contribution in [2.75, 3.05) is 12.0 Å². The third-order valence-electron chi connectivity index (χ3n) is 2.56. The normalized spacial score (nSPS) is 11.1. The molecule has 0 fully saturated rings. The van der Waals surface area contributed by atoms with E-state index in [-0.39, 0.29) is 0 Å². The van der Waals surface area contributed by atoms with Crippen LogP contribution < -0.4 is 5.73 Å². The summed E-state index contributed by atoms with van der Waals surface area (Å²) in [5.41, 5.74) is 7.97. The summed E-state index contributed by atoms with van der Waals surface area (Å²) in [4.78, 5) is 2.07.